The number of amides is 1. The molecule has 10 heteroatoms. The van der Waals surface area contributed by atoms with Crippen molar-refractivity contribution in [3.8, 4) is 0 Å². The number of sulfonamides is 1. The summed E-state index contributed by atoms with van der Waals surface area (Å²) in [5.41, 5.74) is -1.05. The average Bonchev–Trinajstić information content (AvgIpc) is 2.52. The van der Waals surface area contributed by atoms with E-state index in [9.17, 15) is 23.3 Å². The lowest BCUT2D eigenvalue weighted by molar-refractivity contribution is -0.387. The predicted molar refractivity (Wildman–Crippen MR) is 96.4 cm³/mol. The molecule has 0 aliphatic rings. The van der Waals surface area contributed by atoms with Crippen molar-refractivity contribution in [2.75, 3.05) is 20.1 Å². The van der Waals surface area contributed by atoms with Gasteiger partial charge >= 0.3 is 6.09 Å². The van der Waals surface area contributed by atoms with E-state index in [0.717, 1.165) is 6.07 Å². The fourth-order valence-electron chi connectivity index (χ4n) is 2.02. The van der Waals surface area contributed by atoms with E-state index in [4.69, 9.17) is 4.74 Å². The van der Waals surface area contributed by atoms with Crippen molar-refractivity contribution < 1.29 is 22.9 Å². The molecule has 0 saturated heterocycles. The first-order valence-electron chi connectivity index (χ1n) is 8.11. The number of unbranched alkanes of at least 4 members (excludes halogenated alkanes) is 1. The van der Waals surface area contributed by atoms with Gasteiger partial charge in [-0.1, -0.05) is 12.1 Å². The summed E-state index contributed by atoms with van der Waals surface area (Å²) in [4.78, 5) is 23.1. The van der Waals surface area contributed by atoms with Crippen LogP contribution < -0.4 is 4.72 Å². The van der Waals surface area contributed by atoms with Crippen LogP contribution in [0.2, 0.25) is 0 Å². The third-order valence-electron chi connectivity index (χ3n) is 3.27. The first kappa shape index (κ1) is 21.8. The molecule has 0 aliphatic carbocycles. The Labute approximate surface area is 153 Å². The van der Waals surface area contributed by atoms with Crippen LogP contribution in [0.3, 0.4) is 0 Å². The molecule has 1 rings (SSSR count). The highest BCUT2D eigenvalue weighted by molar-refractivity contribution is 7.89. The maximum absolute atomic E-state index is 12.2. The molecule has 0 radical (unpaired) electrons. The monoisotopic (exact) mass is 387 g/mol. The maximum Gasteiger partial charge on any atom is 0.410 e. The number of nitro benzene ring substituents is 1. The van der Waals surface area contributed by atoms with Gasteiger partial charge in [0.25, 0.3) is 5.69 Å². The van der Waals surface area contributed by atoms with Gasteiger partial charge in [0.05, 0.1) is 4.92 Å². The largest absolute Gasteiger partial charge is 0.444 e. The van der Waals surface area contributed by atoms with Crippen LogP contribution in [0, 0.1) is 10.1 Å². The lowest BCUT2D eigenvalue weighted by atomic mass is 10.2. The zero-order chi connectivity index (χ0) is 20.0. The second-order valence-electron chi connectivity index (χ2n) is 6.73. The topological polar surface area (TPSA) is 119 Å². The van der Waals surface area contributed by atoms with Crippen molar-refractivity contribution in [3.63, 3.8) is 0 Å². The van der Waals surface area contributed by atoms with Crippen LogP contribution in [0.25, 0.3) is 0 Å². The highest BCUT2D eigenvalue weighted by Gasteiger charge is 2.24. The SMILES string of the molecule is CN(CCCCNS(=O)(=O)c1ccccc1[N+](=O)[O-])C(=O)OC(C)(C)C. The Kier molecular flexibility index (Phi) is 7.52. The highest BCUT2D eigenvalue weighted by Crippen LogP contribution is 2.22. The number of carbonyl (C=O) groups is 1. The molecule has 0 heterocycles. The molecule has 1 aromatic rings. The predicted octanol–water partition coefficient (Wildman–Crippen LogP) is 2.52. The van der Waals surface area contributed by atoms with Gasteiger partial charge in [-0.3, -0.25) is 10.1 Å². The van der Waals surface area contributed by atoms with Gasteiger partial charge in [-0.15, -0.1) is 0 Å². The first-order valence-corrected chi connectivity index (χ1v) is 9.59. The number of nitrogens with zero attached hydrogens (tertiary/aromatic N) is 2. The van der Waals surface area contributed by atoms with Gasteiger partial charge < -0.3 is 9.64 Å². The van der Waals surface area contributed by atoms with E-state index in [1.54, 1.807) is 27.8 Å². The Morgan fingerprint density at radius 1 is 1.27 bits per heavy atom. The number of hydrogen-bond donors (Lipinski definition) is 1. The Hall–Kier alpha value is -2.20. The number of nitrogens with one attached hydrogen (secondary N) is 1. The van der Waals surface area contributed by atoms with Crippen molar-refractivity contribution in [1.82, 2.24) is 9.62 Å². The molecule has 0 aromatic heterocycles. The van der Waals surface area contributed by atoms with Crippen LogP contribution in [0.5, 0.6) is 0 Å². The van der Waals surface area contributed by atoms with Gasteiger partial charge in [0.15, 0.2) is 4.90 Å². The summed E-state index contributed by atoms with van der Waals surface area (Å²) < 4.78 is 32.0. The summed E-state index contributed by atoms with van der Waals surface area (Å²) >= 11 is 0. The smallest absolute Gasteiger partial charge is 0.410 e. The van der Waals surface area contributed by atoms with Crippen LogP contribution in [-0.2, 0) is 14.8 Å². The number of ether oxygens (including phenoxy) is 1. The van der Waals surface area contributed by atoms with Gasteiger partial charge in [0, 0.05) is 26.2 Å². The third-order valence-corrected chi connectivity index (χ3v) is 4.78. The standard InChI is InChI=1S/C16H25N3O6S/c1-16(2,3)25-15(20)18(4)12-8-7-11-17-26(23,24)14-10-6-5-9-13(14)19(21)22/h5-6,9-10,17H,7-8,11-12H2,1-4H3. The number of nitro groups is 1. The molecular formula is C16H25N3O6S. The van der Waals surface area contributed by atoms with Crippen LogP contribution in [0.15, 0.2) is 29.2 Å². The van der Waals surface area contributed by atoms with Gasteiger partial charge in [0.1, 0.15) is 5.60 Å². The van der Waals surface area contributed by atoms with E-state index in [2.05, 4.69) is 4.72 Å². The quantitative estimate of drug-likeness (QED) is 0.416. The number of para-hydroxylation sites is 1. The number of carbonyl (C=O) groups excluding carboxylic acids is 1. The van der Waals surface area contributed by atoms with Crippen molar-refractivity contribution in [2.24, 2.45) is 0 Å². The minimum absolute atomic E-state index is 0.108. The van der Waals surface area contributed by atoms with Crippen LogP contribution in [0.1, 0.15) is 33.6 Å². The van der Waals surface area contributed by atoms with E-state index in [1.807, 2.05) is 0 Å². The molecule has 0 unspecified atom stereocenters. The van der Waals surface area contributed by atoms with E-state index >= 15 is 0 Å². The summed E-state index contributed by atoms with van der Waals surface area (Å²) in [5.74, 6) is 0. The van der Waals surface area contributed by atoms with E-state index in [1.165, 1.54) is 23.1 Å². The Morgan fingerprint density at radius 3 is 2.46 bits per heavy atom. The second kappa shape index (κ2) is 8.95. The molecule has 0 bridgehead atoms. The molecule has 0 fully saturated rings. The molecule has 1 amide bonds. The number of hydrogen-bond acceptors (Lipinski definition) is 6. The number of benzene rings is 1. The minimum atomic E-state index is -3.97. The fraction of sp³-hybridized carbons (Fsp3) is 0.562. The van der Waals surface area contributed by atoms with Crippen LogP contribution in [0.4, 0.5) is 10.5 Å². The molecule has 0 atom stereocenters. The second-order valence-corrected chi connectivity index (χ2v) is 8.47. The molecule has 9 nitrogen and oxygen atoms in total. The number of rotatable bonds is 8. The van der Waals surface area contributed by atoms with Crippen molar-refractivity contribution in [1.29, 1.82) is 0 Å². The molecule has 146 valence electrons. The zero-order valence-electron chi connectivity index (χ0n) is 15.4. The minimum Gasteiger partial charge on any atom is -0.444 e. The maximum atomic E-state index is 12.2. The fourth-order valence-corrected chi connectivity index (χ4v) is 3.27. The summed E-state index contributed by atoms with van der Waals surface area (Å²) in [6.45, 7) is 5.83. The summed E-state index contributed by atoms with van der Waals surface area (Å²) in [6, 6.07) is 5.17. The molecule has 0 aliphatic heterocycles. The molecule has 1 N–H and O–H groups in total. The Morgan fingerprint density at radius 2 is 1.88 bits per heavy atom. The summed E-state index contributed by atoms with van der Waals surface area (Å²) in [7, 11) is -2.37. The Balaban J connectivity index is 2.49. The van der Waals surface area contributed by atoms with Gasteiger partial charge in [0.2, 0.25) is 10.0 Å². The van der Waals surface area contributed by atoms with E-state index in [0.29, 0.717) is 19.4 Å². The molecule has 26 heavy (non-hydrogen) atoms. The average molecular weight is 387 g/mol. The third kappa shape index (κ3) is 6.96. The molecule has 0 spiro atoms. The normalized spacial score (nSPS) is 11.8. The van der Waals surface area contributed by atoms with Crippen LogP contribution in [-0.4, -0.2) is 50.1 Å². The van der Waals surface area contributed by atoms with Crippen molar-refractivity contribution in [3.05, 3.63) is 34.4 Å². The van der Waals surface area contributed by atoms with Crippen LogP contribution >= 0.6 is 0 Å². The summed E-state index contributed by atoms with van der Waals surface area (Å²) in [5, 5.41) is 10.9. The van der Waals surface area contributed by atoms with Gasteiger partial charge in [-0.2, -0.15) is 0 Å². The lowest BCUT2D eigenvalue weighted by Gasteiger charge is -2.24. The Bertz CT molecular complexity index is 743. The van der Waals surface area contributed by atoms with Gasteiger partial charge in [-0.05, 0) is 39.7 Å². The first-order chi connectivity index (χ1) is 11.9. The van der Waals surface area contributed by atoms with E-state index in [-0.39, 0.29) is 11.4 Å². The van der Waals surface area contributed by atoms with Crippen molar-refractivity contribution >= 4 is 21.8 Å². The van der Waals surface area contributed by atoms with Gasteiger partial charge in [-0.25, -0.2) is 17.9 Å². The highest BCUT2D eigenvalue weighted by atomic mass is 32.2. The van der Waals surface area contributed by atoms with E-state index < -0.39 is 32.3 Å². The molecule has 0 saturated carbocycles. The van der Waals surface area contributed by atoms with Crippen molar-refractivity contribution in [2.45, 2.75) is 44.1 Å². The molecular weight excluding hydrogens is 362 g/mol. The zero-order valence-corrected chi connectivity index (χ0v) is 16.2. The summed E-state index contributed by atoms with van der Waals surface area (Å²) in [6.07, 6.45) is 0.570. The molecule has 1 aromatic carbocycles. The lowest BCUT2D eigenvalue weighted by Crippen LogP contribution is -2.35.